The van der Waals surface area contributed by atoms with Gasteiger partial charge in [-0.3, -0.25) is 4.79 Å². The number of hydrogen-bond donors (Lipinski definition) is 2. The van der Waals surface area contributed by atoms with Gasteiger partial charge in [0.15, 0.2) is 11.5 Å². The molecule has 2 rings (SSSR count). The molecule has 0 unspecified atom stereocenters. The Morgan fingerprint density at radius 1 is 1.15 bits per heavy atom. The number of thiophene rings is 1. The average Bonchev–Trinajstić information content (AvgIpc) is 3.14. The number of ether oxygens (including phenoxy) is 2. The number of carbonyl (C=O) groups is 2. The molecule has 6 nitrogen and oxygen atoms in total. The minimum atomic E-state index is -1.10. The summed E-state index contributed by atoms with van der Waals surface area (Å²) >= 11 is 1.75. The molecule has 0 spiro atoms. The predicted octanol–water partition coefficient (Wildman–Crippen LogP) is 4.21. The Labute approximate surface area is 156 Å². The highest BCUT2D eigenvalue weighted by Crippen LogP contribution is 2.36. The van der Waals surface area contributed by atoms with Crippen LogP contribution >= 0.6 is 11.3 Å². The molecule has 0 radical (unpaired) electrons. The maximum Gasteiger partial charge on any atom is 0.335 e. The van der Waals surface area contributed by atoms with E-state index in [1.807, 2.05) is 6.07 Å². The molecule has 0 saturated carbocycles. The van der Waals surface area contributed by atoms with Crippen LogP contribution in [-0.2, 0) is 11.2 Å². The van der Waals surface area contributed by atoms with E-state index in [9.17, 15) is 14.7 Å². The van der Waals surface area contributed by atoms with E-state index in [0.29, 0.717) is 17.9 Å². The first-order valence-corrected chi connectivity index (χ1v) is 9.24. The molecular weight excluding hydrogens is 354 g/mol. The zero-order chi connectivity index (χ0) is 18.9. The van der Waals surface area contributed by atoms with Crippen LogP contribution in [0.4, 0.5) is 5.69 Å². The predicted molar refractivity (Wildman–Crippen MR) is 102 cm³/mol. The Bertz CT molecular complexity index is 743. The average molecular weight is 377 g/mol. The first kappa shape index (κ1) is 19.8. The number of nitrogens with one attached hydrogen (secondary N) is 1. The summed E-state index contributed by atoms with van der Waals surface area (Å²) in [6.45, 7) is 0. The van der Waals surface area contributed by atoms with Gasteiger partial charge in [-0.05, 0) is 42.8 Å². The number of anilines is 1. The van der Waals surface area contributed by atoms with Crippen LogP contribution in [0.5, 0.6) is 11.5 Å². The number of unbranched alkanes of at least 4 members (excludes halogenated alkanes) is 2. The summed E-state index contributed by atoms with van der Waals surface area (Å²) in [5, 5.41) is 14.0. The highest BCUT2D eigenvalue weighted by Gasteiger charge is 2.17. The summed E-state index contributed by atoms with van der Waals surface area (Å²) in [4.78, 5) is 24.8. The lowest BCUT2D eigenvalue weighted by Crippen LogP contribution is -2.13. The third kappa shape index (κ3) is 5.49. The van der Waals surface area contributed by atoms with Gasteiger partial charge in [-0.25, -0.2) is 4.79 Å². The highest BCUT2D eigenvalue weighted by molar-refractivity contribution is 7.09. The number of aromatic carboxylic acids is 1. The van der Waals surface area contributed by atoms with Crippen LogP contribution in [0.1, 0.15) is 40.9 Å². The highest BCUT2D eigenvalue weighted by atomic mass is 32.1. The second-order valence-electron chi connectivity index (χ2n) is 5.75. The zero-order valence-corrected chi connectivity index (χ0v) is 15.7. The van der Waals surface area contributed by atoms with Gasteiger partial charge in [0.25, 0.3) is 0 Å². The van der Waals surface area contributed by atoms with Crippen molar-refractivity contribution in [3.8, 4) is 11.5 Å². The first-order chi connectivity index (χ1) is 12.5. The second-order valence-corrected chi connectivity index (χ2v) is 6.78. The fourth-order valence-corrected chi connectivity index (χ4v) is 3.36. The molecule has 26 heavy (non-hydrogen) atoms. The van der Waals surface area contributed by atoms with E-state index in [1.54, 1.807) is 11.3 Å². The molecule has 0 aliphatic rings. The molecule has 2 N–H and O–H groups in total. The van der Waals surface area contributed by atoms with Crippen molar-refractivity contribution in [2.75, 3.05) is 19.5 Å². The number of hydrogen-bond acceptors (Lipinski definition) is 5. The Hall–Kier alpha value is -2.54. The summed E-state index contributed by atoms with van der Waals surface area (Å²) in [6, 6.07) is 6.90. The molecule has 2 aromatic rings. The van der Waals surface area contributed by atoms with Crippen molar-refractivity contribution >= 4 is 28.9 Å². The monoisotopic (exact) mass is 377 g/mol. The number of carboxylic acid groups (broad SMARTS) is 1. The summed E-state index contributed by atoms with van der Waals surface area (Å²) in [6.07, 6.45) is 4.17. The smallest absolute Gasteiger partial charge is 0.335 e. The summed E-state index contributed by atoms with van der Waals surface area (Å²) in [7, 11) is 2.86. The van der Waals surface area contributed by atoms with Gasteiger partial charge in [0.1, 0.15) is 0 Å². The Morgan fingerprint density at radius 3 is 2.58 bits per heavy atom. The van der Waals surface area contributed by atoms with Gasteiger partial charge in [-0.15, -0.1) is 11.3 Å². The quantitative estimate of drug-likeness (QED) is 0.606. The number of carboxylic acids is 1. The zero-order valence-electron chi connectivity index (χ0n) is 14.9. The summed E-state index contributed by atoms with van der Waals surface area (Å²) in [5.41, 5.74) is 0.321. The second kappa shape index (κ2) is 9.82. The molecule has 0 aliphatic heterocycles. The van der Waals surface area contributed by atoms with E-state index in [0.717, 1.165) is 25.7 Å². The number of rotatable bonds is 10. The fraction of sp³-hybridized carbons (Fsp3) is 0.368. The minimum absolute atomic E-state index is 0.0221. The molecular formula is C19H23NO5S. The molecule has 0 bridgehead atoms. The van der Waals surface area contributed by atoms with Crippen molar-refractivity contribution in [3.05, 3.63) is 40.1 Å². The molecule has 1 aromatic heterocycles. The molecule has 1 aromatic carbocycles. The van der Waals surface area contributed by atoms with Gasteiger partial charge < -0.3 is 19.9 Å². The van der Waals surface area contributed by atoms with Gasteiger partial charge >= 0.3 is 5.97 Å². The number of amides is 1. The van der Waals surface area contributed by atoms with Crippen LogP contribution in [0.25, 0.3) is 0 Å². The number of carbonyl (C=O) groups excluding carboxylic acids is 1. The normalized spacial score (nSPS) is 10.4. The van der Waals surface area contributed by atoms with Crippen LogP contribution in [0.2, 0.25) is 0 Å². The van der Waals surface area contributed by atoms with Crippen molar-refractivity contribution in [1.29, 1.82) is 0 Å². The molecule has 0 atom stereocenters. The van der Waals surface area contributed by atoms with E-state index in [2.05, 4.69) is 16.8 Å². The summed E-state index contributed by atoms with van der Waals surface area (Å²) < 4.78 is 10.4. The van der Waals surface area contributed by atoms with Gasteiger partial charge in [-0.1, -0.05) is 12.5 Å². The number of methoxy groups -OCH3 is 2. The molecule has 0 aliphatic carbocycles. The molecule has 0 fully saturated rings. The van der Waals surface area contributed by atoms with Crippen molar-refractivity contribution in [3.63, 3.8) is 0 Å². The Balaban J connectivity index is 1.90. The topological polar surface area (TPSA) is 84.9 Å². The van der Waals surface area contributed by atoms with Crippen LogP contribution in [0.3, 0.4) is 0 Å². The Kier molecular flexibility index (Phi) is 7.47. The third-order valence-electron chi connectivity index (χ3n) is 3.91. The molecule has 140 valence electrons. The largest absolute Gasteiger partial charge is 0.493 e. The first-order valence-electron chi connectivity index (χ1n) is 8.36. The van der Waals surface area contributed by atoms with Crippen LogP contribution in [-0.4, -0.2) is 31.2 Å². The van der Waals surface area contributed by atoms with Crippen molar-refractivity contribution in [2.24, 2.45) is 0 Å². The van der Waals surface area contributed by atoms with E-state index in [-0.39, 0.29) is 17.2 Å². The van der Waals surface area contributed by atoms with Crippen molar-refractivity contribution < 1.29 is 24.2 Å². The molecule has 7 heteroatoms. The van der Waals surface area contributed by atoms with Crippen LogP contribution in [0.15, 0.2) is 29.6 Å². The maximum atomic E-state index is 12.2. The van der Waals surface area contributed by atoms with Crippen molar-refractivity contribution in [1.82, 2.24) is 0 Å². The fourth-order valence-electron chi connectivity index (χ4n) is 2.61. The standard InChI is InChI=1S/C19H23NO5S/c1-24-16-12-13(19(22)23)11-15(18(16)25-2)20-17(21)9-5-3-4-7-14-8-6-10-26-14/h6,8,10-12H,3-5,7,9H2,1-2H3,(H,20,21)(H,22,23). The van der Waals surface area contributed by atoms with Crippen LogP contribution in [0, 0.1) is 0 Å². The Morgan fingerprint density at radius 2 is 1.96 bits per heavy atom. The number of aryl methyl sites for hydroxylation is 1. The lowest BCUT2D eigenvalue weighted by molar-refractivity contribution is -0.116. The van der Waals surface area contributed by atoms with Gasteiger partial charge in [0.2, 0.25) is 5.91 Å². The van der Waals surface area contributed by atoms with Gasteiger partial charge in [0.05, 0.1) is 25.5 Å². The van der Waals surface area contributed by atoms with E-state index in [1.165, 1.54) is 31.2 Å². The van der Waals surface area contributed by atoms with Gasteiger partial charge in [0, 0.05) is 11.3 Å². The third-order valence-corrected chi connectivity index (χ3v) is 4.84. The SMILES string of the molecule is COc1cc(C(=O)O)cc(NC(=O)CCCCCc2cccs2)c1OC. The van der Waals surface area contributed by atoms with Gasteiger partial charge in [-0.2, -0.15) is 0 Å². The minimum Gasteiger partial charge on any atom is -0.493 e. The van der Waals surface area contributed by atoms with E-state index >= 15 is 0 Å². The van der Waals surface area contributed by atoms with E-state index < -0.39 is 5.97 Å². The molecule has 1 amide bonds. The lowest BCUT2D eigenvalue weighted by Gasteiger charge is -2.14. The lowest BCUT2D eigenvalue weighted by atomic mass is 10.1. The number of benzene rings is 1. The van der Waals surface area contributed by atoms with Crippen LogP contribution < -0.4 is 14.8 Å². The van der Waals surface area contributed by atoms with E-state index in [4.69, 9.17) is 9.47 Å². The van der Waals surface area contributed by atoms with Crippen molar-refractivity contribution in [2.45, 2.75) is 32.1 Å². The maximum absolute atomic E-state index is 12.2. The molecule has 1 heterocycles. The summed E-state index contributed by atoms with van der Waals surface area (Å²) in [5.74, 6) is -0.707. The molecule has 0 saturated heterocycles.